The van der Waals surface area contributed by atoms with Gasteiger partial charge < -0.3 is 0 Å². The minimum atomic E-state index is -0.368. The van der Waals surface area contributed by atoms with Crippen LogP contribution in [0.4, 0.5) is 5.95 Å². The van der Waals surface area contributed by atoms with Gasteiger partial charge in [-0.3, -0.25) is 18.5 Å². The molecule has 1 atom stereocenters. The second-order valence-electron chi connectivity index (χ2n) is 6.64. The Morgan fingerprint density at radius 2 is 1.96 bits per heavy atom. The van der Waals surface area contributed by atoms with E-state index >= 15 is 0 Å². The molecule has 0 spiro atoms. The Morgan fingerprint density at radius 3 is 2.56 bits per heavy atom. The monoisotopic (exact) mass is 344 g/mol. The summed E-state index contributed by atoms with van der Waals surface area (Å²) in [4.78, 5) is 30.2. The molecule has 25 heavy (non-hydrogen) atoms. The standard InChI is InChI=1S/C17H24N6O2/c1-7-8-9-21-15(24)13-14(20(6)17(21)25)18-16-22(13)12(5)11(4)19-23(16)10(2)3/h7-8,10,12H,9H2,1-6H3/b8-7+/t12-/m1/s1. The number of anilines is 1. The zero-order valence-corrected chi connectivity index (χ0v) is 15.5. The van der Waals surface area contributed by atoms with Crippen molar-refractivity contribution in [2.45, 2.75) is 53.2 Å². The lowest BCUT2D eigenvalue weighted by Crippen LogP contribution is -2.40. The van der Waals surface area contributed by atoms with E-state index < -0.39 is 0 Å². The Morgan fingerprint density at radius 1 is 1.28 bits per heavy atom. The van der Waals surface area contributed by atoms with Gasteiger partial charge in [-0.25, -0.2) is 9.80 Å². The summed E-state index contributed by atoms with van der Waals surface area (Å²) in [6.45, 7) is 10.1. The first-order chi connectivity index (χ1) is 11.8. The van der Waals surface area contributed by atoms with E-state index in [2.05, 4.69) is 10.1 Å². The molecule has 8 heteroatoms. The summed E-state index contributed by atoms with van der Waals surface area (Å²) < 4.78 is 4.57. The number of allylic oxidation sites excluding steroid dienone is 2. The van der Waals surface area contributed by atoms with Gasteiger partial charge in [0.1, 0.15) is 0 Å². The summed E-state index contributed by atoms with van der Waals surface area (Å²) in [5.74, 6) is 0.596. The van der Waals surface area contributed by atoms with Crippen LogP contribution in [0.1, 0.15) is 40.7 Å². The minimum absolute atomic E-state index is 0.0836. The summed E-state index contributed by atoms with van der Waals surface area (Å²) in [5.41, 5.74) is 1.04. The summed E-state index contributed by atoms with van der Waals surface area (Å²) in [7, 11) is 1.65. The van der Waals surface area contributed by atoms with Crippen molar-refractivity contribution in [1.82, 2.24) is 18.7 Å². The molecule has 0 saturated carbocycles. The number of hydrazone groups is 1. The van der Waals surface area contributed by atoms with Crippen LogP contribution >= 0.6 is 0 Å². The van der Waals surface area contributed by atoms with Gasteiger partial charge in [-0.05, 0) is 34.6 Å². The lowest BCUT2D eigenvalue weighted by Gasteiger charge is -2.31. The van der Waals surface area contributed by atoms with Crippen LogP contribution in [-0.4, -0.2) is 30.4 Å². The van der Waals surface area contributed by atoms with Gasteiger partial charge in [0.25, 0.3) is 5.56 Å². The Labute approximate surface area is 145 Å². The number of rotatable bonds is 3. The van der Waals surface area contributed by atoms with Crippen LogP contribution in [0.15, 0.2) is 26.8 Å². The molecular formula is C17H24N6O2. The molecule has 0 amide bonds. The molecule has 2 aromatic rings. The van der Waals surface area contributed by atoms with E-state index in [0.717, 1.165) is 5.71 Å². The van der Waals surface area contributed by atoms with Crippen molar-refractivity contribution in [3.05, 3.63) is 33.0 Å². The highest BCUT2D eigenvalue weighted by molar-refractivity contribution is 5.91. The summed E-state index contributed by atoms with van der Waals surface area (Å²) in [6, 6.07) is -0.0179. The number of fused-ring (bicyclic) bond motifs is 3. The van der Waals surface area contributed by atoms with E-state index in [0.29, 0.717) is 17.1 Å². The number of hydrogen-bond acceptors (Lipinski definition) is 5. The molecule has 3 heterocycles. The summed E-state index contributed by atoms with van der Waals surface area (Å²) in [6.07, 6.45) is 3.61. The van der Waals surface area contributed by atoms with Crippen LogP contribution in [-0.2, 0) is 13.6 Å². The first-order valence-corrected chi connectivity index (χ1v) is 8.46. The maximum atomic E-state index is 13.1. The minimum Gasteiger partial charge on any atom is -0.294 e. The second-order valence-corrected chi connectivity index (χ2v) is 6.64. The quantitative estimate of drug-likeness (QED) is 0.793. The van der Waals surface area contributed by atoms with Gasteiger partial charge in [0.05, 0.1) is 17.8 Å². The Hall–Kier alpha value is -2.64. The van der Waals surface area contributed by atoms with Crippen molar-refractivity contribution in [3.8, 4) is 0 Å². The first kappa shape index (κ1) is 17.2. The van der Waals surface area contributed by atoms with Gasteiger partial charge in [0, 0.05) is 13.6 Å². The smallest absolute Gasteiger partial charge is 0.294 e. The first-order valence-electron chi connectivity index (χ1n) is 8.46. The van der Waals surface area contributed by atoms with Crippen molar-refractivity contribution in [3.63, 3.8) is 0 Å². The van der Waals surface area contributed by atoms with Crippen LogP contribution in [0.5, 0.6) is 0 Å². The molecule has 2 aromatic heterocycles. The van der Waals surface area contributed by atoms with Crippen molar-refractivity contribution in [2.75, 3.05) is 5.01 Å². The van der Waals surface area contributed by atoms with E-state index in [-0.39, 0.29) is 29.9 Å². The molecule has 0 radical (unpaired) electrons. The molecule has 0 unspecified atom stereocenters. The van der Waals surface area contributed by atoms with Gasteiger partial charge in [-0.1, -0.05) is 12.2 Å². The van der Waals surface area contributed by atoms with E-state index in [1.165, 1.54) is 9.13 Å². The topological polar surface area (TPSA) is 77.4 Å². The molecule has 0 saturated heterocycles. The molecule has 1 aliphatic rings. The highest BCUT2D eigenvalue weighted by atomic mass is 16.2. The third kappa shape index (κ3) is 2.43. The van der Waals surface area contributed by atoms with Gasteiger partial charge in [0.2, 0.25) is 5.95 Å². The van der Waals surface area contributed by atoms with E-state index in [4.69, 9.17) is 0 Å². The number of imidazole rings is 1. The van der Waals surface area contributed by atoms with E-state index in [9.17, 15) is 9.59 Å². The summed E-state index contributed by atoms with van der Waals surface area (Å²) in [5, 5.41) is 6.41. The van der Waals surface area contributed by atoms with E-state index in [1.807, 2.05) is 45.3 Å². The number of aromatic nitrogens is 4. The maximum absolute atomic E-state index is 13.1. The van der Waals surface area contributed by atoms with Crippen LogP contribution in [0.25, 0.3) is 11.2 Å². The molecule has 1 aliphatic heterocycles. The molecule has 3 rings (SSSR count). The van der Waals surface area contributed by atoms with E-state index in [1.54, 1.807) is 18.1 Å². The lowest BCUT2D eigenvalue weighted by molar-refractivity contribution is 0.596. The molecule has 0 N–H and O–H groups in total. The third-order valence-electron chi connectivity index (χ3n) is 4.63. The highest BCUT2D eigenvalue weighted by Crippen LogP contribution is 2.30. The molecule has 0 fully saturated rings. The van der Waals surface area contributed by atoms with Gasteiger partial charge in [-0.2, -0.15) is 10.1 Å². The lowest BCUT2D eigenvalue weighted by atomic mass is 10.2. The molecule has 0 aromatic carbocycles. The average molecular weight is 344 g/mol. The largest absolute Gasteiger partial charge is 0.332 e. The normalized spacial score (nSPS) is 17.6. The van der Waals surface area contributed by atoms with Gasteiger partial charge in [0.15, 0.2) is 11.2 Å². The van der Waals surface area contributed by atoms with Gasteiger partial charge in [-0.15, -0.1) is 0 Å². The van der Waals surface area contributed by atoms with Crippen LogP contribution < -0.4 is 16.3 Å². The van der Waals surface area contributed by atoms with Crippen LogP contribution in [0.2, 0.25) is 0 Å². The molecule has 134 valence electrons. The van der Waals surface area contributed by atoms with Crippen molar-refractivity contribution < 1.29 is 0 Å². The van der Waals surface area contributed by atoms with Crippen LogP contribution in [0.3, 0.4) is 0 Å². The number of aryl methyl sites for hydroxylation is 1. The maximum Gasteiger partial charge on any atom is 0.332 e. The van der Waals surface area contributed by atoms with Crippen LogP contribution in [0, 0.1) is 0 Å². The zero-order valence-electron chi connectivity index (χ0n) is 15.5. The Balaban J connectivity index is 2.43. The predicted octanol–water partition coefficient (Wildman–Crippen LogP) is 1.64. The fourth-order valence-corrected chi connectivity index (χ4v) is 3.06. The fourth-order valence-electron chi connectivity index (χ4n) is 3.06. The third-order valence-corrected chi connectivity index (χ3v) is 4.63. The molecule has 0 bridgehead atoms. The van der Waals surface area contributed by atoms with Crippen molar-refractivity contribution in [1.29, 1.82) is 0 Å². The number of hydrogen-bond donors (Lipinski definition) is 0. The molecular weight excluding hydrogens is 320 g/mol. The predicted molar refractivity (Wildman–Crippen MR) is 99.5 cm³/mol. The highest BCUT2D eigenvalue weighted by Gasteiger charge is 2.31. The van der Waals surface area contributed by atoms with Crippen molar-refractivity contribution >= 4 is 22.8 Å². The summed E-state index contributed by atoms with van der Waals surface area (Å²) >= 11 is 0. The SMILES string of the molecule is C/C=C/Cn1c(=O)c2c(nc3n2[C@H](C)C(C)=NN3C(C)C)n(C)c1=O. The van der Waals surface area contributed by atoms with Crippen molar-refractivity contribution in [2.24, 2.45) is 12.1 Å². The zero-order chi connectivity index (χ0) is 18.5. The molecule has 0 aliphatic carbocycles. The van der Waals surface area contributed by atoms with Gasteiger partial charge >= 0.3 is 5.69 Å². The molecule has 8 nitrogen and oxygen atoms in total. The average Bonchev–Trinajstić information content (AvgIpc) is 2.97. The fraction of sp³-hybridized carbons (Fsp3) is 0.529. The Kier molecular flexibility index (Phi) is 4.14. The second kappa shape index (κ2) is 6.02. The Bertz CT molecular complexity index is 1000. The number of nitrogens with zero attached hydrogens (tertiary/aromatic N) is 6.